The van der Waals surface area contributed by atoms with Gasteiger partial charge in [-0.1, -0.05) is 6.07 Å². The molecule has 0 saturated heterocycles. The summed E-state index contributed by atoms with van der Waals surface area (Å²) < 4.78 is 13.4. The van der Waals surface area contributed by atoms with Gasteiger partial charge in [-0.15, -0.1) is 0 Å². The maximum Gasteiger partial charge on any atom is 0.130 e. The van der Waals surface area contributed by atoms with Gasteiger partial charge in [0.25, 0.3) is 0 Å². The maximum absolute atomic E-state index is 13.4. The molecule has 5 N–H and O–H groups in total. The Kier molecular flexibility index (Phi) is 3.08. The first kappa shape index (κ1) is 10.9. The molecule has 0 aliphatic rings. The molecular weight excluding hydrogens is 183 g/mol. The molecule has 1 atom stereocenters. The summed E-state index contributed by atoms with van der Waals surface area (Å²) in [6.45, 7) is 1.55. The number of benzene rings is 1. The van der Waals surface area contributed by atoms with Crippen LogP contribution in [0.5, 0.6) is 0 Å². The average molecular weight is 198 g/mol. The lowest BCUT2D eigenvalue weighted by atomic mass is 9.88. The quantitative estimate of drug-likeness (QED) is 0.633. The van der Waals surface area contributed by atoms with Gasteiger partial charge in [-0.25, -0.2) is 4.39 Å². The number of nitrogens with two attached hydrogens (primary N) is 2. The Balaban J connectivity index is 3.17. The minimum Gasteiger partial charge on any atom is -0.398 e. The van der Waals surface area contributed by atoms with Crippen LogP contribution in [0.1, 0.15) is 18.9 Å². The Bertz CT molecular complexity index is 306. The monoisotopic (exact) mass is 198 g/mol. The molecule has 0 fully saturated rings. The molecule has 0 heterocycles. The fourth-order valence-electron chi connectivity index (χ4n) is 1.50. The molecule has 1 aromatic carbocycles. The van der Waals surface area contributed by atoms with Crippen LogP contribution < -0.4 is 11.5 Å². The minimum absolute atomic E-state index is 0.0965. The van der Waals surface area contributed by atoms with E-state index in [4.69, 9.17) is 16.6 Å². The van der Waals surface area contributed by atoms with Crippen LogP contribution in [0.4, 0.5) is 10.1 Å². The number of halogens is 1. The second kappa shape index (κ2) is 3.94. The predicted molar refractivity (Wildman–Crippen MR) is 54.1 cm³/mol. The van der Waals surface area contributed by atoms with Gasteiger partial charge in [0.15, 0.2) is 0 Å². The zero-order chi connectivity index (χ0) is 10.8. The lowest BCUT2D eigenvalue weighted by molar-refractivity contribution is 0.245. The van der Waals surface area contributed by atoms with E-state index in [1.54, 1.807) is 13.0 Å². The first-order valence-corrected chi connectivity index (χ1v) is 4.43. The van der Waals surface area contributed by atoms with Crippen molar-refractivity contribution in [1.82, 2.24) is 0 Å². The molecule has 0 aromatic heterocycles. The third-order valence-electron chi connectivity index (χ3n) is 2.25. The van der Waals surface area contributed by atoms with E-state index in [0.717, 1.165) is 0 Å². The van der Waals surface area contributed by atoms with E-state index in [1.807, 2.05) is 0 Å². The first-order valence-electron chi connectivity index (χ1n) is 4.43. The van der Waals surface area contributed by atoms with Crippen molar-refractivity contribution < 1.29 is 9.50 Å². The number of hydrogen-bond donors (Lipinski definition) is 3. The van der Waals surface area contributed by atoms with Gasteiger partial charge in [0, 0.05) is 23.4 Å². The first-order chi connectivity index (χ1) is 6.49. The zero-order valence-corrected chi connectivity index (χ0v) is 8.13. The third kappa shape index (κ3) is 2.02. The van der Waals surface area contributed by atoms with Crippen molar-refractivity contribution >= 4 is 5.69 Å². The van der Waals surface area contributed by atoms with E-state index >= 15 is 0 Å². The number of rotatable bonds is 3. The van der Waals surface area contributed by atoms with E-state index < -0.39 is 11.4 Å². The van der Waals surface area contributed by atoms with Gasteiger partial charge in [0.05, 0.1) is 0 Å². The topological polar surface area (TPSA) is 72.3 Å². The van der Waals surface area contributed by atoms with Crippen LogP contribution in [0, 0.1) is 5.82 Å². The molecule has 1 unspecified atom stereocenters. The van der Waals surface area contributed by atoms with E-state index in [2.05, 4.69) is 0 Å². The van der Waals surface area contributed by atoms with Crippen molar-refractivity contribution in [2.45, 2.75) is 18.9 Å². The fraction of sp³-hybridized carbons (Fsp3) is 0.400. The Morgan fingerprint density at radius 1 is 1.50 bits per heavy atom. The lowest BCUT2D eigenvalue weighted by Crippen LogP contribution is -2.35. The van der Waals surface area contributed by atoms with Crippen LogP contribution in [-0.2, 0) is 5.54 Å². The van der Waals surface area contributed by atoms with Crippen LogP contribution in [0.2, 0.25) is 0 Å². The number of aliphatic hydroxyl groups excluding tert-OH is 1. The van der Waals surface area contributed by atoms with Crippen LogP contribution in [0.3, 0.4) is 0 Å². The minimum atomic E-state index is -0.926. The highest BCUT2D eigenvalue weighted by Gasteiger charge is 2.26. The SMILES string of the molecule is CC(N)(CCO)c1c(N)cccc1F. The van der Waals surface area contributed by atoms with Gasteiger partial charge in [-0.3, -0.25) is 0 Å². The molecule has 14 heavy (non-hydrogen) atoms. The molecule has 1 rings (SSSR count). The Morgan fingerprint density at radius 2 is 2.14 bits per heavy atom. The van der Waals surface area contributed by atoms with Crippen LogP contribution in [0.15, 0.2) is 18.2 Å². The van der Waals surface area contributed by atoms with Gasteiger partial charge in [-0.2, -0.15) is 0 Å². The number of hydrogen-bond acceptors (Lipinski definition) is 3. The molecule has 1 aromatic rings. The largest absolute Gasteiger partial charge is 0.398 e. The highest BCUT2D eigenvalue weighted by atomic mass is 19.1. The summed E-state index contributed by atoms with van der Waals surface area (Å²) in [5.41, 5.74) is 11.2. The maximum atomic E-state index is 13.4. The van der Waals surface area contributed by atoms with E-state index in [9.17, 15) is 4.39 Å². The molecule has 0 bridgehead atoms. The van der Waals surface area contributed by atoms with Gasteiger partial charge < -0.3 is 16.6 Å². The van der Waals surface area contributed by atoms with Crippen LogP contribution >= 0.6 is 0 Å². The molecule has 0 radical (unpaired) electrons. The van der Waals surface area contributed by atoms with E-state index in [1.165, 1.54) is 12.1 Å². The number of anilines is 1. The van der Waals surface area contributed by atoms with Gasteiger partial charge in [-0.05, 0) is 25.5 Å². The van der Waals surface area contributed by atoms with Crippen molar-refractivity contribution in [1.29, 1.82) is 0 Å². The predicted octanol–water partition coefficient (Wildman–Crippen LogP) is 0.964. The van der Waals surface area contributed by atoms with Gasteiger partial charge >= 0.3 is 0 Å². The number of aliphatic hydroxyl groups is 1. The zero-order valence-electron chi connectivity index (χ0n) is 8.13. The second-order valence-electron chi connectivity index (χ2n) is 3.60. The summed E-state index contributed by atoms with van der Waals surface area (Å²) in [5, 5.41) is 8.80. The average Bonchev–Trinajstić information content (AvgIpc) is 2.02. The summed E-state index contributed by atoms with van der Waals surface area (Å²) in [4.78, 5) is 0. The van der Waals surface area contributed by atoms with Gasteiger partial charge in [0.1, 0.15) is 5.82 Å². The molecule has 0 saturated carbocycles. The highest BCUT2D eigenvalue weighted by Crippen LogP contribution is 2.29. The summed E-state index contributed by atoms with van der Waals surface area (Å²) in [5.74, 6) is -0.427. The molecule has 0 aliphatic heterocycles. The summed E-state index contributed by atoms with van der Waals surface area (Å²) in [7, 11) is 0. The fourth-order valence-corrected chi connectivity index (χ4v) is 1.50. The van der Waals surface area contributed by atoms with Crippen molar-refractivity contribution in [2.24, 2.45) is 5.73 Å². The van der Waals surface area contributed by atoms with Crippen molar-refractivity contribution in [3.63, 3.8) is 0 Å². The molecule has 0 aliphatic carbocycles. The second-order valence-corrected chi connectivity index (χ2v) is 3.60. The molecule has 78 valence electrons. The summed E-state index contributed by atoms with van der Waals surface area (Å²) >= 11 is 0. The molecule has 3 nitrogen and oxygen atoms in total. The Labute approximate surface area is 82.5 Å². The standard InChI is InChI=1S/C10H15FN2O/c1-10(13,5-6-14)9-7(11)3-2-4-8(9)12/h2-4,14H,5-6,12-13H2,1H3. The van der Waals surface area contributed by atoms with Gasteiger partial charge in [0.2, 0.25) is 0 Å². The number of nitrogen functional groups attached to an aromatic ring is 1. The smallest absolute Gasteiger partial charge is 0.130 e. The summed E-state index contributed by atoms with van der Waals surface area (Å²) in [6.07, 6.45) is 0.276. The van der Waals surface area contributed by atoms with Crippen molar-refractivity contribution in [3.05, 3.63) is 29.6 Å². The Hall–Kier alpha value is -1.13. The van der Waals surface area contributed by atoms with Crippen molar-refractivity contribution in [3.8, 4) is 0 Å². The van der Waals surface area contributed by atoms with E-state index in [-0.39, 0.29) is 18.6 Å². The normalized spacial score (nSPS) is 15.1. The molecular formula is C10H15FN2O. The Morgan fingerprint density at radius 3 is 2.64 bits per heavy atom. The molecule has 0 spiro atoms. The van der Waals surface area contributed by atoms with Crippen LogP contribution in [0.25, 0.3) is 0 Å². The third-order valence-corrected chi connectivity index (χ3v) is 2.25. The summed E-state index contributed by atoms with van der Waals surface area (Å²) in [6, 6.07) is 4.44. The molecule has 4 heteroatoms. The van der Waals surface area contributed by atoms with E-state index in [0.29, 0.717) is 5.69 Å². The molecule has 0 amide bonds. The lowest BCUT2D eigenvalue weighted by Gasteiger charge is -2.26. The van der Waals surface area contributed by atoms with Crippen LogP contribution in [-0.4, -0.2) is 11.7 Å². The highest BCUT2D eigenvalue weighted by molar-refractivity contribution is 5.50. The van der Waals surface area contributed by atoms with Crippen molar-refractivity contribution in [2.75, 3.05) is 12.3 Å².